The summed E-state index contributed by atoms with van der Waals surface area (Å²) in [5, 5.41) is 6.66. The second kappa shape index (κ2) is 13.3. The molecule has 1 aliphatic rings. The number of aliphatic imine (C=N–C) groups is 1. The van der Waals surface area contributed by atoms with Crippen LogP contribution >= 0.6 is 24.0 Å². The summed E-state index contributed by atoms with van der Waals surface area (Å²) in [5.74, 6) is 1.73. The highest BCUT2D eigenvalue weighted by molar-refractivity contribution is 14.0. The van der Waals surface area contributed by atoms with Crippen molar-refractivity contribution in [3.63, 3.8) is 0 Å². The van der Waals surface area contributed by atoms with Crippen LogP contribution < -0.4 is 15.4 Å². The van der Waals surface area contributed by atoms with Gasteiger partial charge >= 0.3 is 0 Å². The number of carbonyl (C=O) groups is 1. The number of benzene rings is 2. The van der Waals surface area contributed by atoms with Crippen LogP contribution in [0, 0.1) is 6.92 Å². The lowest BCUT2D eigenvalue weighted by atomic mass is 10.1. The minimum Gasteiger partial charge on any atom is -0.496 e. The molecule has 32 heavy (non-hydrogen) atoms. The molecule has 2 N–H and O–H groups in total. The Hall–Kier alpha value is -2.29. The zero-order chi connectivity index (χ0) is 22.1. The fourth-order valence-electron chi connectivity index (χ4n) is 3.77. The standard InChI is InChI=1S/C25H34N4O2.HI/c1-4-26-25(28-18-22-12-11-19(2)15-23(22)31-3)27-17-20-9-8-10-21(16-20)24(30)29-13-6-5-7-14-29;/h8-12,15-16H,4-7,13-14,17-18H2,1-3H3,(H2,26,27,28);1H. The molecule has 2 aromatic carbocycles. The summed E-state index contributed by atoms with van der Waals surface area (Å²) >= 11 is 0. The molecule has 6 nitrogen and oxygen atoms in total. The van der Waals surface area contributed by atoms with E-state index in [0.29, 0.717) is 13.1 Å². The van der Waals surface area contributed by atoms with Gasteiger partial charge in [0.05, 0.1) is 13.7 Å². The molecular weight excluding hydrogens is 515 g/mol. The average molecular weight is 550 g/mol. The molecule has 1 fully saturated rings. The van der Waals surface area contributed by atoms with Crippen molar-refractivity contribution in [2.75, 3.05) is 26.7 Å². The van der Waals surface area contributed by atoms with Gasteiger partial charge in [-0.25, -0.2) is 4.99 Å². The highest BCUT2D eigenvalue weighted by atomic mass is 127. The van der Waals surface area contributed by atoms with Gasteiger partial charge < -0.3 is 20.3 Å². The molecule has 7 heteroatoms. The Morgan fingerprint density at radius 3 is 2.59 bits per heavy atom. The molecule has 1 amide bonds. The van der Waals surface area contributed by atoms with Crippen LogP contribution in [0.15, 0.2) is 47.5 Å². The Bertz CT molecular complexity index is 911. The molecule has 1 heterocycles. The number of rotatable bonds is 7. The number of hydrogen-bond donors (Lipinski definition) is 2. The van der Waals surface area contributed by atoms with Gasteiger partial charge in [-0.05, 0) is 62.4 Å². The summed E-state index contributed by atoms with van der Waals surface area (Å²) in [6, 6.07) is 14.0. The molecule has 1 aliphatic heterocycles. The van der Waals surface area contributed by atoms with Crippen LogP contribution in [0.3, 0.4) is 0 Å². The van der Waals surface area contributed by atoms with Crippen molar-refractivity contribution >= 4 is 35.8 Å². The van der Waals surface area contributed by atoms with Gasteiger partial charge in [-0.1, -0.05) is 24.3 Å². The summed E-state index contributed by atoms with van der Waals surface area (Å²) in [6.07, 6.45) is 3.41. The van der Waals surface area contributed by atoms with Crippen LogP contribution in [0.2, 0.25) is 0 Å². The number of methoxy groups -OCH3 is 1. The molecule has 0 radical (unpaired) electrons. The van der Waals surface area contributed by atoms with Crippen LogP contribution in [-0.2, 0) is 13.1 Å². The van der Waals surface area contributed by atoms with Crippen molar-refractivity contribution in [1.29, 1.82) is 0 Å². The molecule has 0 saturated carbocycles. The summed E-state index contributed by atoms with van der Waals surface area (Å²) < 4.78 is 5.50. The smallest absolute Gasteiger partial charge is 0.253 e. The number of aryl methyl sites for hydroxylation is 1. The Morgan fingerprint density at radius 2 is 1.88 bits per heavy atom. The minimum atomic E-state index is 0. The Kier molecular flexibility index (Phi) is 10.8. The zero-order valence-corrected chi connectivity index (χ0v) is 21.6. The SMILES string of the molecule is CCNC(=NCc1cccc(C(=O)N2CCCCC2)c1)NCc1ccc(C)cc1OC.I. The maximum Gasteiger partial charge on any atom is 0.253 e. The van der Waals surface area contributed by atoms with Crippen LogP contribution in [0.4, 0.5) is 0 Å². The average Bonchev–Trinajstić information content (AvgIpc) is 2.81. The first kappa shape index (κ1) is 26.0. The third-order valence-corrected chi connectivity index (χ3v) is 5.47. The molecule has 0 aliphatic carbocycles. The maximum atomic E-state index is 12.8. The van der Waals surface area contributed by atoms with Crippen molar-refractivity contribution in [1.82, 2.24) is 15.5 Å². The highest BCUT2D eigenvalue weighted by Gasteiger charge is 2.18. The molecule has 0 atom stereocenters. The van der Waals surface area contributed by atoms with Crippen molar-refractivity contribution in [2.45, 2.75) is 46.2 Å². The van der Waals surface area contributed by atoms with E-state index in [1.807, 2.05) is 42.2 Å². The summed E-state index contributed by atoms with van der Waals surface area (Å²) in [4.78, 5) is 19.5. The van der Waals surface area contributed by atoms with E-state index in [2.05, 4.69) is 29.7 Å². The Balaban J connectivity index is 0.00000363. The number of likely N-dealkylation sites (tertiary alicyclic amines) is 1. The van der Waals surface area contributed by atoms with Gasteiger partial charge in [-0.15, -0.1) is 24.0 Å². The first-order valence-electron chi connectivity index (χ1n) is 11.1. The lowest BCUT2D eigenvalue weighted by molar-refractivity contribution is 0.0724. The molecular formula is C25H35IN4O2. The van der Waals surface area contributed by atoms with E-state index in [4.69, 9.17) is 9.73 Å². The second-order valence-corrected chi connectivity index (χ2v) is 7.92. The van der Waals surface area contributed by atoms with Gasteiger partial charge in [0.25, 0.3) is 5.91 Å². The molecule has 0 unspecified atom stereocenters. The van der Waals surface area contributed by atoms with Crippen molar-refractivity contribution < 1.29 is 9.53 Å². The van der Waals surface area contributed by atoms with Crippen LogP contribution in [0.25, 0.3) is 0 Å². The molecule has 174 valence electrons. The van der Waals surface area contributed by atoms with Gasteiger partial charge in [0.1, 0.15) is 5.75 Å². The van der Waals surface area contributed by atoms with Gasteiger partial charge in [0, 0.05) is 37.3 Å². The van der Waals surface area contributed by atoms with E-state index in [1.165, 1.54) is 12.0 Å². The van der Waals surface area contributed by atoms with Gasteiger partial charge in [0.2, 0.25) is 0 Å². The van der Waals surface area contributed by atoms with Crippen LogP contribution in [-0.4, -0.2) is 43.5 Å². The van der Waals surface area contributed by atoms with E-state index < -0.39 is 0 Å². The lowest BCUT2D eigenvalue weighted by Gasteiger charge is -2.26. The van der Waals surface area contributed by atoms with E-state index in [-0.39, 0.29) is 29.9 Å². The second-order valence-electron chi connectivity index (χ2n) is 7.92. The van der Waals surface area contributed by atoms with Crippen LogP contribution in [0.5, 0.6) is 5.75 Å². The fraction of sp³-hybridized carbons (Fsp3) is 0.440. The molecule has 3 rings (SSSR count). The number of piperidine rings is 1. The first-order chi connectivity index (χ1) is 15.1. The van der Waals surface area contributed by atoms with Gasteiger partial charge in [0.15, 0.2) is 5.96 Å². The number of hydrogen-bond acceptors (Lipinski definition) is 3. The van der Waals surface area contributed by atoms with Crippen molar-refractivity contribution in [2.24, 2.45) is 4.99 Å². The number of guanidine groups is 1. The Morgan fingerprint density at radius 1 is 1.09 bits per heavy atom. The molecule has 2 aromatic rings. The fourth-order valence-corrected chi connectivity index (χ4v) is 3.77. The number of amides is 1. The largest absolute Gasteiger partial charge is 0.496 e. The normalized spacial score (nSPS) is 13.8. The highest BCUT2D eigenvalue weighted by Crippen LogP contribution is 2.19. The van der Waals surface area contributed by atoms with Crippen LogP contribution in [0.1, 0.15) is 53.2 Å². The predicted octanol–water partition coefficient (Wildman–Crippen LogP) is 4.50. The molecule has 0 bridgehead atoms. The molecule has 0 aromatic heterocycles. The number of nitrogens with zero attached hydrogens (tertiary/aromatic N) is 2. The van der Waals surface area contributed by atoms with Gasteiger partial charge in [-0.3, -0.25) is 4.79 Å². The van der Waals surface area contributed by atoms with E-state index in [9.17, 15) is 4.79 Å². The topological polar surface area (TPSA) is 66.0 Å². The summed E-state index contributed by atoms with van der Waals surface area (Å²) in [7, 11) is 1.69. The molecule has 0 spiro atoms. The van der Waals surface area contributed by atoms with E-state index >= 15 is 0 Å². The van der Waals surface area contributed by atoms with Gasteiger partial charge in [-0.2, -0.15) is 0 Å². The van der Waals surface area contributed by atoms with E-state index in [1.54, 1.807) is 7.11 Å². The third kappa shape index (κ3) is 7.39. The van der Waals surface area contributed by atoms with E-state index in [0.717, 1.165) is 60.9 Å². The number of ether oxygens (including phenoxy) is 1. The maximum absolute atomic E-state index is 12.8. The number of nitrogens with one attached hydrogen (secondary N) is 2. The summed E-state index contributed by atoms with van der Waals surface area (Å²) in [6.45, 7) is 7.70. The Labute approximate surface area is 208 Å². The summed E-state index contributed by atoms with van der Waals surface area (Å²) in [5.41, 5.74) is 4.01. The molecule has 1 saturated heterocycles. The van der Waals surface area contributed by atoms with Crippen molar-refractivity contribution in [3.05, 3.63) is 64.7 Å². The minimum absolute atomic E-state index is 0. The number of halogens is 1. The monoisotopic (exact) mass is 550 g/mol. The number of carbonyl (C=O) groups excluding carboxylic acids is 1. The van der Waals surface area contributed by atoms with Crippen molar-refractivity contribution in [3.8, 4) is 5.75 Å². The third-order valence-electron chi connectivity index (χ3n) is 5.47. The lowest BCUT2D eigenvalue weighted by Crippen LogP contribution is -2.37. The zero-order valence-electron chi connectivity index (χ0n) is 19.3. The first-order valence-corrected chi connectivity index (χ1v) is 11.1. The quantitative estimate of drug-likeness (QED) is 0.303. The predicted molar refractivity (Wildman–Crippen MR) is 141 cm³/mol.